The van der Waals surface area contributed by atoms with E-state index >= 15 is 0 Å². The van der Waals surface area contributed by atoms with Crippen molar-refractivity contribution in [3.05, 3.63) is 72.3 Å². The van der Waals surface area contributed by atoms with Gasteiger partial charge in [0.05, 0.1) is 32.0 Å². The molecule has 8 heteroatoms. The van der Waals surface area contributed by atoms with Gasteiger partial charge in [0.15, 0.2) is 12.4 Å². The maximum atomic E-state index is 13.2. The first-order valence-corrected chi connectivity index (χ1v) is 14.5. The van der Waals surface area contributed by atoms with Crippen molar-refractivity contribution in [3.63, 3.8) is 0 Å². The van der Waals surface area contributed by atoms with E-state index in [0.717, 1.165) is 37.1 Å². The zero-order valence-electron chi connectivity index (χ0n) is 24.2. The van der Waals surface area contributed by atoms with Crippen LogP contribution in [0.2, 0.25) is 0 Å². The van der Waals surface area contributed by atoms with Crippen LogP contribution in [0, 0.1) is 5.92 Å². The summed E-state index contributed by atoms with van der Waals surface area (Å²) in [5.74, 6) is -0.282. The Labute approximate surface area is 243 Å². The molecule has 1 unspecified atom stereocenters. The number of esters is 1. The molecular weight excluding hydrogens is 520 g/mol. The summed E-state index contributed by atoms with van der Waals surface area (Å²) in [5, 5.41) is 0. The van der Waals surface area contributed by atoms with E-state index < -0.39 is 0 Å². The van der Waals surface area contributed by atoms with Gasteiger partial charge in [0.25, 0.3) is 5.91 Å². The first kappa shape index (κ1) is 30.6. The maximum Gasteiger partial charge on any atom is 0.306 e. The molecule has 0 spiro atoms. The van der Waals surface area contributed by atoms with Crippen molar-refractivity contribution in [2.24, 2.45) is 5.92 Å². The standard InChI is InChI=1S/C33H42N2O6/c1-34(2)31(37)24-41-32(38)13-9-4-3-8-12-28-30(22-29(36)33(28)35-18-20-39-21-19-35)40-23-25-14-16-27(17-15-25)26-10-6-5-7-11-26/h3-7,10-11,14-17,28,30,33H,8-9,12-13,18-24H2,1-2H3/b4-3-/t28?,30-,33+/m0/s1. The summed E-state index contributed by atoms with van der Waals surface area (Å²) in [5.41, 5.74) is 3.43. The number of morpholine rings is 1. The molecule has 8 nitrogen and oxygen atoms in total. The molecule has 2 aliphatic rings. The summed E-state index contributed by atoms with van der Waals surface area (Å²) in [6.07, 6.45) is 6.71. The molecule has 0 N–H and O–H groups in total. The molecule has 1 saturated heterocycles. The number of carbonyl (C=O) groups excluding carboxylic acids is 3. The smallest absolute Gasteiger partial charge is 0.306 e. The highest BCUT2D eigenvalue weighted by Crippen LogP contribution is 2.35. The Morgan fingerprint density at radius 3 is 2.37 bits per heavy atom. The van der Waals surface area contributed by atoms with Gasteiger partial charge in [0.1, 0.15) is 0 Å². The molecule has 0 aromatic heterocycles. The Hall–Kier alpha value is -3.33. The molecule has 0 bridgehead atoms. The summed E-state index contributed by atoms with van der Waals surface area (Å²) in [4.78, 5) is 40.3. The second kappa shape index (κ2) is 15.6. The fraction of sp³-hybridized carbons (Fsp3) is 0.485. The lowest BCUT2D eigenvalue weighted by atomic mass is 9.93. The van der Waals surface area contributed by atoms with Crippen LogP contribution in [0.3, 0.4) is 0 Å². The quantitative estimate of drug-likeness (QED) is 0.266. The molecule has 1 saturated carbocycles. The molecule has 2 aromatic rings. The summed E-state index contributed by atoms with van der Waals surface area (Å²) < 4.78 is 17.0. The molecule has 220 valence electrons. The number of Topliss-reactive ketones (excluding diaryl/α,β-unsaturated/α-hetero) is 1. The third kappa shape index (κ3) is 9.08. The average Bonchev–Trinajstić information content (AvgIpc) is 3.32. The van der Waals surface area contributed by atoms with Crippen LogP contribution in [-0.4, -0.2) is 86.6 Å². The first-order valence-electron chi connectivity index (χ1n) is 14.5. The molecule has 4 rings (SSSR count). The summed E-state index contributed by atoms with van der Waals surface area (Å²) >= 11 is 0. The van der Waals surface area contributed by atoms with Crippen LogP contribution in [0.5, 0.6) is 0 Å². The highest BCUT2D eigenvalue weighted by Gasteiger charge is 2.45. The van der Waals surface area contributed by atoms with Gasteiger partial charge < -0.3 is 19.1 Å². The van der Waals surface area contributed by atoms with Gasteiger partial charge in [0.2, 0.25) is 0 Å². The van der Waals surface area contributed by atoms with E-state index in [1.54, 1.807) is 14.1 Å². The monoisotopic (exact) mass is 562 g/mol. The van der Waals surface area contributed by atoms with Crippen LogP contribution in [0.15, 0.2) is 66.7 Å². The minimum atomic E-state index is -0.385. The number of ketones is 1. The summed E-state index contributed by atoms with van der Waals surface area (Å²) in [6, 6.07) is 18.5. The highest BCUT2D eigenvalue weighted by molar-refractivity contribution is 5.87. The summed E-state index contributed by atoms with van der Waals surface area (Å²) in [7, 11) is 3.25. The fourth-order valence-corrected chi connectivity index (χ4v) is 5.47. The Morgan fingerprint density at radius 1 is 0.976 bits per heavy atom. The number of amides is 1. The van der Waals surface area contributed by atoms with Crippen LogP contribution in [0.25, 0.3) is 11.1 Å². The van der Waals surface area contributed by atoms with E-state index in [1.807, 2.05) is 24.3 Å². The predicted molar refractivity (Wildman–Crippen MR) is 157 cm³/mol. The molecule has 1 aliphatic heterocycles. The van der Waals surface area contributed by atoms with Gasteiger partial charge in [-0.25, -0.2) is 0 Å². The Bertz CT molecular complexity index is 1160. The van der Waals surface area contributed by atoms with Crippen molar-refractivity contribution in [3.8, 4) is 11.1 Å². The minimum absolute atomic E-state index is 0.0934. The van der Waals surface area contributed by atoms with Gasteiger partial charge in [-0.3, -0.25) is 19.3 Å². The second-order valence-corrected chi connectivity index (χ2v) is 10.9. The number of allylic oxidation sites excluding steroid dienone is 2. The van der Waals surface area contributed by atoms with Crippen molar-refractivity contribution in [2.75, 3.05) is 47.0 Å². The van der Waals surface area contributed by atoms with Gasteiger partial charge in [-0.2, -0.15) is 0 Å². The molecule has 1 amide bonds. The van der Waals surface area contributed by atoms with Crippen LogP contribution in [0.1, 0.15) is 37.7 Å². The van der Waals surface area contributed by atoms with Gasteiger partial charge in [0, 0.05) is 45.9 Å². The van der Waals surface area contributed by atoms with Gasteiger partial charge in [-0.1, -0.05) is 66.7 Å². The number of likely N-dealkylation sites (N-methyl/N-ethyl adjacent to an activating group) is 1. The molecule has 3 atom stereocenters. The van der Waals surface area contributed by atoms with Gasteiger partial charge in [-0.15, -0.1) is 0 Å². The van der Waals surface area contributed by atoms with E-state index in [4.69, 9.17) is 14.2 Å². The van der Waals surface area contributed by atoms with Crippen LogP contribution in [0.4, 0.5) is 0 Å². The van der Waals surface area contributed by atoms with Crippen LogP contribution in [-0.2, 0) is 35.2 Å². The molecule has 2 aromatic carbocycles. The average molecular weight is 563 g/mol. The topological polar surface area (TPSA) is 85.4 Å². The van der Waals surface area contributed by atoms with Crippen LogP contribution >= 0.6 is 0 Å². The van der Waals surface area contributed by atoms with E-state index in [-0.39, 0.29) is 48.8 Å². The summed E-state index contributed by atoms with van der Waals surface area (Å²) in [6.45, 7) is 3.04. The number of hydrogen-bond acceptors (Lipinski definition) is 7. The van der Waals surface area contributed by atoms with E-state index in [1.165, 1.54) is 10.5 Å². The third-order valence-corrected chi connectivity index (χ3v) is 7.78. The fourth-order valence-electron chi connectivity index (χ4n) is 5.47. The Kier molecular flexibility index (Phi) is 11.7. The molecule has 2 fully saturated rings. The molecule has 1 aliphatic carbocycles. The number of nitrogens with zero attached hydrogens (tertiary/aromatic N) is 2. The van der Waals surface area contributed by atoms with Crippen molar-refractivity contribution in [2.45, 2.75) is 50.9 Å². The zero-order valence-corrected chi connectivity index (χ0v) is 24.2. The molecule has 1 heterocycles. The molecular formula is C33H42N2O6. The minimum Gasteiger partial charge on any atom is -0.456 e. The number of carbonyl (C=O) groups is 3. The first-order chi connectivity index (χ1) is 19.9. The van der Waals surface area contributed by atoms with Crippen molar-refractivity contribution >= 4 is 17.7 Å². The Morgan fingerprint density at radius 2 is 1.66 bits per heavy atom. The van der Waals surface area contributed by atoms with E-state index in [0.29, 0.717) is 32.7 Å². The number of ether oxygens (including phenoxy) is 3. The number of rotatable bonds is 13. The lowest BCUT2D eigenvalue weighted by molar-refractivity contribution is -0.150. The molecule has 0 radical (unpaired) electrons. The van der Waals surface area contributed by atoms with Crippen molar-refractivity contribution < 1.29 is 28.6 Å². The maximum absolute atomic E-state index is 13.2. The number of hydrogen-bond donors (Lipinski definition) is 0. The van der Waals surface area contributed by atoms with Gasteiger partial charge in [-0.05, 0) is 36.0 Å². The van der Waals surface area contributed by atoms with Gasteiger partial charge >= 0.3 is 5.97 Å². The second-order valence-electron chi connectivity index (χ2n) is 10.9. The van der Waals surface area contributed by atoms with E-state index in [9.17, 15) is 14.4 Å². The van der Waals surface area contributed by atoms with Crippen LogP contribution < -0.4 is 0 Å². The Balaban J connectivity index is 1.30. The van der Waals surface area contributed by atoms with Crippen molar-refractivity contribution in [1.82, 2.24) is 9.80 Å². The zero-order chi connectivity index (χ0) is 29.0. The number of benzene rings is 2. The van der Waals surface area contributed by atoms with Crippen molar-refractivity contribution in [1.29, 1.82) is 0 Å². The van der Waals surface area contributed by atoms with E-state index in [2.05, 4.69) is 47.4 Å². The molecule has 41 heavy (non-hydrogen) atoms. The lowest BCUT2D eigenvalue weighted by Crippen LogP contribution is -2.49. The predicted octanol–water partition coefficient (Wildman–Crippen LogP) is 4.28. The highest BCUT2D eigenvalue weighted by atomic mass is 16.5. The third-order valence-electron chi connectivity index (χ3n) is 7.78. The SMILES string of the molecule is CN(C)C(=O)COC(=O)CC/C=C\CCC1[C@@H](OCc2ccc(-c3ccccc3)cc2)CC(=O)[C@@H]1N1CCOCC1. The lowest BCUT2D eigenvalue weighted by Gasteiger charge is -2.35. The largest absolute Gasteiger partial charge is 0.456 e. The normalized spacial score (nSPS) is 21.3.